The lowest BCUT2D eigenvalue weighted by atomic mass is 10.2. The number of halogens is 1. The van der Waals surface area contributed by atoms with Crippen LogP contribution in [0.2, 0.25) is 0 Å². The van der Waals surface area contributed by atoms with Crippen molar-refractivity contribution in [1.29, 1.82) is 0 Å². The Hall–Kier alpha value is -2.01. The third kappa shape index (κ3) is 3.99. The predicted octanol–water partition coefficient (Wildman–Crippen LogP) is 3.38. The van der Waals surface area contributed by atoms with Crippen molar-refractivity contribution >= 4 is 27.6 Å². The third-order valence-corrected chi connectivity index (χ3v) is 3.31. The van der Waals surface area contributed by atoms with E-state index < -0.39 is 0 Å². The number of methoxy groups -OCH3 is 1. The fraction of sp³-hybridized carbons (Fsp3) is 0.133. The molecule has 0 amide bonds. The van der Waals surface area contributed by atoms with E-state index in [1.807, 2.05) is 48.5 Å². The number of ether oxygens (including phenoxy) is 1. The van der Waals surface area contributed by atoms with E-state index >= 15 is 0 Å². The minimum Gasteiger partial charge on any atom is -0.496 e. The molecule has 2 aromatic carbocycles. The molecule has 5 heteroatoms. The van der Waals surface area contributed by atoms with Gasteiger partial charge in [-0.1, -0.05) is 24.3 Å². The number of nitrogens with two attached hydrogens (primary N) is 1. The molecule has 0 unspecified atom stereocenters. The number of para-hydroxylation sites is 1. The van der Waals surface area contributed by atoms with Crippen LogP contribution in [-0.2, 0) is 6.54 Å². The fourth-order valence-electron chi connectivity index (χ4n) is 1.69. The van der Waals surface area contributed by atoms with Crippen LogP contribution in [0.3, 0.4) is 0 Å². The predicted molar refractivity (Wildman–Crippen MR) is 86.1 cm³/mol. The lowest BCUT2D eigenvalue weighted by Crippen LogP contribution is -2.22. The molecule has 20 heavy (non-hydrogen) atoms. The van der Waals surface area contributed by atoms with Crippen molar-refractivity contribution in [2.45, 2.75) is 6.54 Å². The quantitative estimate of drug-likeness (QED) is 0.666. The molecule has 3 N–H and O–H groups in total. The molecule has 0 spiro atoms. The third-order valence-electron chi connectivity index (χ3n) is 2.69. The zero-order valence-electron chi connectivity index (χ0n) is 11.1. The van der Waals surface area contributed by atoms with Crippen LogP contribution in [0.1, 0.15) is 5.56 Å². The number of guanidine groups is 1. The summed E-state index contributed by atoms with van der Waals surface area (Å²) in [6.45, 7) is 0.508. The first-order valence-electron chi connectivity index (χ1n) is 6.13. The van der Waals surface area contributed by atoms with Crippen LogP contribution in [-0.4, -0.2) is 13.1 Å². The highest BCUT2D eigenvalue weighted by atomic mass is 79.9. The molecule has 0 fully saturated rings. The maximum Gasteiger partial charge on any atom is 0.193 e. The van der Waals surface area contributed by atoms with Gasteiger partial charge in [0, 0.05) is 5.69 Å². The van der Waals surface area contributed by atoms with Crippen molar-refractivity contribution in [3.63, 3.8) is 0 Å². The Bertz CT molecular complexity index is 599. The van der Waals surface area contributed by atoms with Gasteiger partial charge in [-0.15, -0.1) is 0 Å². The summed E-state index contributed by atoms with van der Waals surface area (Å²) in [6, 6.07) is 15.5. The second-order valence-electron chi connectivity index (χ2n) is 4.16. The van der Waals surface area contributed by atoms with E-state index in [2.05, 4.69) is 26.2 Å². The van der Waals surface area contributed by atoms with Crippen LogP contribution >= 0.6 is 15.9 Å². The minimum absolute atomic E-state index is 0.392. The maximum atomic E-state index is 5.85. The first kappa shape index (κ1) is 14.4. The van der Waals surface area contributed by atoms with Gasteiger partial charge in [0.15, 0.2) is 5.96 Å². The minimum atomic E-state index is 0.392. The summed E-state index contributed by atoms with van der Waals surface area (Å²) < 4.78 is 6.09. The molecule has 104 valence electrons. The average Bonchev–Trinajstić information content (AvgIpc) is 2.46. The van der Waals surface area contributed by atoms with Crippen molar-refractivity contribution in [3.05, 3.63) is 58.6 Å². The van der Waals surface area contributed by atoms with Crippen LogP contribution in [0, 0.1) is 0 Å². The van der Waals surface area contributed by atoms with E-state index in [0.29, 0.717) is 12.5 Å². The molecular weight excluding hydrogens is 318 g/mol. The summed E-state index contributed by atoms with van der Waals surface area (Å²) in [5.74, 6) is 1.19. The van der Waals surface area contributed by atoms with Crippen LogP contribution in [0.15, 0.2) is 58.0 Å². The van der Waals surface area contributed by atoms with Crippen molar-refractivity contribution < 1.29 is 4.74 Å². The maximum absolute atomic E-state index is 5.85. The smallest absolute Gasteiger partial charge is 0.193 e. The molecule has 0 aliphatic heterocycles. The number of benzene rings is 2. The highest BCUT2D eigenvalue weighted by molar-refractivity contribution is 9.10. The second-order valence-corrected chi connectivity index (χ2v) is 5.02. The first-order valence-corrected chi connectivity index (χ1v) is 6.93. The van der Waals surface area contributed by atoms with Gasteiger partial charge in [0.25, 0.3) is 0 Å². The molecule has 0 bridgehead atoms. The Morgan fingerprint density at radius 1 is 1.25 bits per heavy atom. The van der Waals surface area contributed by atoms with Gasteiger partial charge < -0.3 is 15.8 Å². The monoisotopic (exact) mass is 333 g/mol. The molecule has 0 atom stereocenters. The summed E-state index contributed by atoms with van der Waals surface area (Å²) >= 11 is 3.45. The van der Waals surface area contributed by atoms with Crippen molar-refractivity contribution in [1.82, 2.24) is 0 Å². The van der Waals surface area contributed by atoms with Gasteiger partial charge in [0.1, 0.15) is 5.75 Å². The van der Waals surface area contributed by atoms with E-state index in [1.54, 1.807) is 7.11 Å². The van der Waals surface area contributed by atoms with Crippen molar-refractivity contribution in [2.24, 2.45) is 10.7 Å². The van der Waals surface area contributed by atoms with Crippen molar-refractivity contribution in [2.75, 3.05) is 12.4 Å². The van der Waals surface area contributed by atoms with Crippen LogP contribution in [0.4, 0.5) is 5.69 Å². The fourth-order valence-corrected chi connectivity index (χ4v) is 2.28. The topological polar surface area (TPSA) is 59.6 Å². The molecule has 0 aliphatic carbocycles. The number of rotatable bonds is 4. The summed E-state index contributed by atoms with van der Waals surface area (Å²) in [4.78, 5) is 4.31. The molecule has 4 nitrogen and oxygen atoms in total. The molecule has 0 saturated heterocycles. The molecule has 0 aromatic heterocycles. The lowest BCUT2D eigenvalue weighted by Gasteiger charge is -2.07. The Kier molecular flexibility index (Phi) is 5.01. The molecule has 2 rings (SSSR count). The molecule has 0 saturated carbocycles. The molecule has 0 aliphatic rings. The Morgan fingerprint density at radius 2 is 2.00 bits per heavy atom. The summed E-state index contributed by atoms with van der Waals surface area (Å²) in [7, 11) is 1.64. The lowest BCUT2D eigenvalue weighted by molar-refractivity contribution is 0.412. The summed E-state index contributed by atoms with van der Waals surface area (Å²) in [6.07, 6.45) is 0. The van der Waals surface area contributed by atoms with Crippen LogP contribution in [0.25, 0.3) is 0 Å². The highest BCUT2D eigenvalue weighted by Gasteiger charge is 2.01. The zero-order valence-corrected chi connectivity index (χ0v) is 12.7. The van der Waals surface area contributed by atoms with E-state index in [0.717, 1.165) is 21.5 Å². The normalized spacial score (nSPS) is 11.2. The molecular formula is C15H16BrN3O. The number of aliphatic imine (C=N–C) groups is 1. The van der Waals surface area contributed by atoms with E-state index in [-0.39, 0.29) is 0 Å². The Morgan fingerprint density at radius 3 is 2.65 bits per heavy atom. The van der Waals surface area contributed by atoms with Gasteiger partial charge in [0.05, 0.1) is 18.1 Å². The van der Waals surface area contributed by atoms with E-state index in [4.69, 9.17) is 10.5 Å². The Balaban J connectivity index is 2.00. The molecule has 0 radical (unpaired) electrons. The van der Waals surface area contributed by atoms with Gasteiger partial charge in [-0.05, 0) is 45.8 Å². The highest BCUT2D eigenvalue weighted by Crippen LogP contribution is 2.25. The summed E-state index contributed by atoms with van der Waals surface area (Å²) in [5.41, 5.74) is 7.82. The molecule has 0 heterocycles. The van der Waals surface area contributed by atoms with Crippen LogP contribution in [0.5, 0.6) is 5.75 Å². The van der Waals surface area contributed by atoms with Gasteiger partial charge in [-0.3, -0.25) is 0 Å². The summed E-state index contributed by atoms with van der Waals surface area (Å²) in [5, 5.41) is 3.04. The molecule has 2 aromatic rings. The number of nitrogens with zero attached hydrogens (tertiary/aromatic N) is 1. The van der Waals surface area contributed by atoms with E-state index in [1.165, 1.54) is 0 Å². The van der Waals surface area contributed by atoms with Gasteiger partial charge >= 0.3 is 0 Å². The first-order chi connectivity index (χ1) is 9.69. The average molecular weight is 334 g/mol. The number of anilines is 1. The largest absolute Gasteiger partial charge is 0.496 e. The zero-order chi connectivity index (χ0) is 14.4. The van der Waals surface area contributed by atoms with E-state index in [9.17, 15) is 0 Å². The number of hydrogen-bond donors (Lipinski definition) is 2. The van der Waals surface area contributed by atoms with Gasteiger partial charge in [-0.25, -0.2) is 4.99 Å². The van der Waals surface area contributed by atoms with Crippen molar-refractivity contribution in [3.8, 4) is 5.75 Å². The van der Waals surface area contributed by atoms with Gasteiger partial charge in [0.2, 0.25) is 0 Å². The second kappa shape index (κ2) is 6.96. The SMILES string of the molecule is COc1ccc(CN=C(N)Nc2ccccc2)cc1Br. The number of nitrogens with one attached hydrogen (secondary N) is 1. The van der Waals surface area contributed by atoms with Gasteiger partial charge in [-0.2, -0.15) is 0 Å². The Labute approximate surface area is 126 Å². The van der Waals surface area contributed by atoms with Crippen LogP contribution < -0.4 is 15.8 Å². The standard InChI is InChI=1S/C15H16BrN3O/c1-20-14-8-7-11(9-13(14)16)10-18-15(17)19-12-5-3-2-4-6-12/h2-9H,10H2,1H3,(H3,17,18,19). The number of hydrogen-bond acceptors (Lipinski definition) is 2.